The van der Waals surface area contributed by atoms with Gasteiger partial charge in [-0.2, -0.15) is 0 Å². The molecule has 0 amide bonds. The number of hydrogen-bond donors (Lipinski definition) is 1. The predicted octanol–water partition coefficient (Wildman–Crippen LogP) is 7.84. The zero-order chi connectivity index (χ0) is 18.8. The Morgan fingerprint density at radius 1 is 0.680 bits per heavy atom. The van der Waals surface area contributed by atoms with Gasteiger partial charge in [0, 0.05) is 0 Å². The molecule has 150 valence electrons. The number of carboxylic acid groups (broad SMARTS) is 1. The van der Waals surface area contributed by atoms with Gasteiger partial charge < -0.3 is 5.11 Å². The van der Waals surface area contributed by atoms with Gasteiger partial charge in [-0.1, -0.05) is 103 Å². The second-order valence-electron chi connectivity index (χ2n) is 7.97. The van der Waals surface area contributed by atoms with Crippen LogP contribution in [0.25, 0.3) is 0 Å². The fraction of sp³-hybridized carbons (Fsp3) is 0.955. The molecule has 0 spiro atoms. The van der Waals surface area contributed by atoms with E-state index in [1.165, 1.54) is 96.3 Å². The lowest BCUT2D eigenvalue weighted by molar-refractivity contribution is -0.138. The maximum atomic E-state index is 11.0. The predicted molar refractivity (Wildman–Crippen MR) is 114 cm³/mol. The van der Waals surface area contributed by atoms with Crippen LogP contribution in [0.5, 0.6) is 0 Å². The molecule has 0 aromatic carbocycles. The zero-order valence-electron chi connectivity index (χ0n) is 17.3. The van der Waals surface area contributed by atoms with Crippen molar-refractivity contribution in [3.63, 3.8) is 0 Å². The van der Waals surface area contributed by atoms with Gasteiger partial charge in [-0.3, -0.25) is 4.79 Å². The molecule has 0 aromatic rings. The van der Waals surface area contributed by atoms with Crippen LogP contribution < -0.4 is 0 Å². The third-order valence-corrected chi connectivity index (χ3v) is 6.36. The number of unbranched alkanes of at least 4 members (excludes halogenated alkanes) is 15. The number of carboxylic acids is 1. The van der Waals surface area contributed by atoms with E-state index in [1.54, 1.807) is 25.6 Å². The van der Waals surface area contributed by atoms with E-state index < -0.39 is 10.7 Å². The Bertz CT molecular complexity index is 302. The van der Waals surface area contributed by atoms with Crippen molar-refractivity contribution < 1.29 is 9.90 Å². The van der Waals surface area contributed by atoms with Crippen LogP contribution in [0.1, 0.15) is 124 Å². The van der Waals surface area contributed by atoms with E-state index in [0.717, 1.165) is 12.2 Å². The molecular weight excluding hydrogens is 328 g/mol. The minimum absolute atomic E-state index is 0.629. The van der Waals surface area contributed by atoms with Crippen LogP contribution >= 0.6 is 11.8 Å². The van der Waals surface area contributed by atoms with Crippen molar-refractivity contribution in [2.24, 2.45) is 0 Å². The Balaban J connectivity index is 3.13. The van der Waals surface area contributed by atoms with Crippen molar-refractivity contribution in [3.8, 4) is 0 Å². The van der Waals surface area contributed by atoms with E-state index in [4.69, 9.17) is 5.11 Å². The lowest BCUT2D eigenvalue weighted by Gasteiger charge is -2.17. The third kappa shape index (κ3) is 17.0. The SMILES string of the molecule is CCCCCCCCCCCCCCCCCCSC(C)(C)C(=O)O. The van der Waals surface area contributed by atoms with Gasteiger partial charge in [-0.25, -0.2) is 0 Å². The molecule has 0 saturated carbocycles. The van der Waals surface area contributed by atoms with Crippen molar-refractivity contribution in [1.29, 1.82) is 0 Å². The molecule has 0 atom stereocenters. The largest absolute Gasteiger partial charge is 0.480 e. The summed E-state index contributed by atoms with van der Waals surface area (Å²) in [6, 6.07) is 0. The first kappa shape index (κ1) is 24.8. The topological polar surface area (TPSA) is 37.3 Å². The molecule has 3 heteroatoms. The summed E-state index contributed by atoms with van der Waals surface area (Å²) >= 11 is 1.57. The number of aliphatic carboxylic acids is 1. The summed E-state index contributed by atoms with van der Waals surface area (Å²) in [5, 5.41) is 9.06. The molecule has 0 bridgehead atoms. The van der Waals surface area contributed by atoms with Gasteiger partial charge in [0.2, 0.25) is 0 Å². The van der Waals surface area contributed by atoms with Crippen molar-refractivity contribution in [2.75, 3.05) is 5.75 Å². The van der Waals surface area contributed by atoms with E-state index in [2.05, 4.69) is 6.92 Å². The first-order valence-corrected chi connectivity index (χ1v) is 11.9. The van der Waals surface area contributed by atoms with Crippen molar-refractivity contribution in [1.82, 2.24) is 0 Å². The van der Waals surface area contributed by atoms with Crippen molar-refractivity contribution >= 4 is 17.7 Å². The summed E-state index contributed by atoms with van der Waals surface area (Å²) in [5.41, 5.74) is 0. The molecule has 0 radical (unpaired) electrons. The van der Waals surface area contributed by atoms with Crippen molar-refractivity contribution in [2.45, 2.75) is 128 Å². The maximum Gasteiger partial charge on any atom is 0.319 e. The standard InChI is InChI=1S/C22H44O2S/c1-4-5-6-7-8-9-10-11-12-13-14-15-16-17-18-19-20-25-22(2,3)21(23)24/h4-20H2,1-3H3,(H,23,24). The van der Waals surface area contributed by atoms with E-state index in [0.29, 0.717) is 0 Å². The Morgan fingerprint density at radius 3 is 1.32 bits per heavy atom. The van der Waals surface area contributed by atoms with Crippen LogP contribution in [0.15, 0.2) is 0 Å². The molecule has 1 N–H and O–H groups in total. The van der Waals surface area contributed by atoms with Crippen LogP contribution in [0.3, 0.4) is 0 Å². The van der Waals surface area contributed by atoms with Gasteiger partial charge >= 0.3 is 5.97 Å². The van der Waals surface area contributed by atoms with Gasteiger partial charge in [0.15, 0.2) is 0 Å². The summed E-state index contributed by atoms with van der Waals surface area (Å²) in [6.45, 7) is 5.88. The van der Waals surface area contributed by atoms with E-state index in [9.17, 15) is 4.79 Å². The highest BCUT2D eigenvalue weighted by Crippen LogP contribution is 2.26. The first-order valence-electron chi connectivity index (χ1n) is 10.9. The van der Waals surface area contributed by atoms with Crippen LogP contribution in [0.4, 0.5) is 0 Å². The molecule has 0 saturated heterocycles. The lowest BCUT2D eigenvalue weighted by atomic mass is 10.0. The highest BCUT2D eigenvalue weighted by molar-refractivity contribution is 8.01. The minimum atomic E-state index is -0.700. The summed E-state index contributed by atoms with van der Waals surface area (Å²) in [6.07, 6.45) is 22.1. The van der Waals surface area contributed by atoms with Crippen LogP contribution in [0.2, 0.25) is 0 Å². The second-order valence-corrected chi connectivity index (χ2v) is 9.68. The Morgan fingerprint density at radius 2 is 1.00 bits per heavy atom. The smallest absolute Gasteiger partial charge is 0.319 e. The molecular formula is C22H44O2S. The molecule has 0 rings (SSSR count). The highest BCUT2D eigenvalue weighted by atomic mass is 32.2. The van der Waals surface area contributed by atoms with Gasteiger partial charge in [-0.05, 0) is 26.0 Å². The molecule has 0 aromatic heterocycles. The molecule has 0 aliphatic heterocycles. The molecule has 0 heterocycles. The molecule has 2 nitrogen and oxygen atoms in total. The van der Waals surface area contributed by atoms with Gasteiger partial charge in [0.1, 0.15) is 4.75 Å². The summed E-state index contributed by atoms with van der Waals surface area (Å²) in [4.78, 5) is 11.0. The number of thioether (sulfide) groups is 1. The summed E-state index contributed by atoms with van der Waals surface area (Å²) in [7, 11) is 0. The second kappa shape index (κ2) is 17.2. The molecule has 0 aliphatic rings. The summed E-state index contributed by atoms with van der Waals surface area (Å²) < 4.78 is -0.629. The zero-order valence-corrected chi connectivity index (χ0v) is 18.1. The monoisotopic (exact) mass is 372 g/mol. The quantitative estimate of drug-likeness (QED) is 0.235. The average Bonchev–Trinajstić information content (AvgIpc) is 2.57. The Labute approximate surface area is 161 Å². The fourth-order valence-electron chi connectivity index (χ4n) is 3.04. The van der Waals surface area contributed by atoms with E-state index in [1.807, 2.05) is 0 Å². The van der Waals surface area contributed by atoms with E-state index >= 15 is 0 Å². The molecule has 0 unspecified atom stereocenters. The van der Waals surface area contributed by atoms with Crippen LogP contribution in [-0.4, -0.2) is 21.6 Å². The van der Waals surface area contributed by atoms with Gasteiger partial charge in [0.25, 0.3) is 0 Å². The Hall–Kier alpha value is -0.180. The highest BCUT2D eigenvalue weighted by Gasteiger charge is 2.26. The molecule has 0 fully saturated rings. The summed E-state index contributed by atoms with van der Waals surface area (Å²) in [5.74, 6) is 0.270. The molecule has 0 aliphatic carbocycles. The van der Waals surface area contributed by atoms with E-state index in [-0.39, 0.29) is 0 Å². The Kier molecular flexibility index (Phi) is 17.1. The first-order chi connectivity index (χ1) is 12.0. The minimum Gasteiger partial charge on any atom is -0.480 e. The van der Waals surface area contributed by atoms with Crippen LogP contribution in [-0.2, 0) is 4.79 Å². The third-order valence-electron chi connectivity index (χ3n) is 4.98. The maximum absolute atomic E-state index is 11.0. The lowest BCUT2D eigenvalue weighted by Crippen LogP contribution is -2.27. The van der Waals surface area contributed by atoms with Crippen LogP contribution in [0, 0.1) is 0 Å². The number of rotatable bonds is 19. The van der Waals surface area contributed by atoms with Crippen molar-refractivity contribution in [3.05, 3.63) is 0 Å². The molecule has 25 heavy (non-hydrogen) atoms. The number of hydrogen-bond acceptors (Lipinski definition) is 2. The average molecular weight is 373 g/mol. The van der Waals surface area contributed by atoms with Gasteiger partial charge in [-0.15, -0.1) is 11.8 Å². The number of carbonyl (C=O) groups is 1. The normalized spacial score (nSPS) is 11.8. The fourth-order valence-corrected chi connectivity index (χ4v) is 4.02. The van der Waals surface area contributed by atoms with Gasteiger partial charge in [0.05, 0.1) is 0 Å².